The summed E-state index contributed by atoms with van der Waals surface area (Å²) in [5, 5.41) is 7.35. The number of rotatable bonds is 9. The Morgan fingerprint density at radius 1 is 1.03 bits per heavy atom. The number of carbonyl (C=O) groups is 2. The summed E-state index contributed by atoms with van der Waals surface area (Å²) < 4.78 is 10.5. The number of hydrazone groups is 1. The number of carbonyl (C=O) groups excluding carboxylic acids is 2. The number of benzene rings is 2. The van der Waals surface area contributed by atoms with Gasteiger partial charge in [0.15, 0.2) is 11.5 Å². The largest absolute Gasteiger partial charge is 0.493 e. The third-order valence-electron chi connectivity index (χ3n) is 4.05. The lowest BCUT2D eigenvalue weighted by Crippen LogP contribution is -2.28. The second-order valence-corrected chi connectivity index (χ2v) is 6.70. The van der Waals surface area contributed by atoms with Crippen LogP contribution in [-0.4, -0.2) is 38.3 Å². The Labute approximate surface area is 175 Å². The van der Waals surface area contributed by atoms with Crippen molar-refractivity contribution in [1.82, 2.24) is 10.7 Å². The Morgan fingerprint density at radius 2 is 1.72 bits per heavy atom. The van der Waals surface area contributed by atoms with E-state index in [1.54, 1.807) is 45.4 Å². The van der Waals surface area contributed by atoms with Gasteiger partial charge in [0.1, 0.15) is 0 Å². The summed E-state index contributed by atoms with van der Waals surface area (Å²) in [4.78, 5) is 24.0. The highest BCUT2D eigenvalue weighted by atomic mass is 35.5. The molecule has 154 valence electrons. The number of nitrogens with zero attached hydrogens (tertiary/aromatic N) is 1. The molecule has 0 atom stereocenters. The predicted octanol–water partition coefficient (Wildman–Crippen LogP) is 3.21. The van der Waals surface area contributed by atoms with Crippen molar-refractivity contribution < 1.29 is 19.1 Å². The lowest BCUT2D eigenvalue weighted by Gasteiger charge is -2.10. The van der Waals surface area contributed by atoms with E-state index in [1.165, 1.54) is 0 Å². The highest BCUT2D eigenvalue weighted by Gasteiger charge is 2.08. The van der Waals surface area contributed by atoms with Crippen LogP contribution in [0.15, 0.2) is 47.6 Å². The first-order valence-corrected chi connectivity index (χ1v) is 9.37. The second-order valence-electron chi connectivity index (χ2n) is 6.26. The first-order chi connectivity index (χ1) is 13.9. The van der Waals surface area contributed by atoms with Gasteiger partial charge in [0.05, 0.1) is 20.6 Å². The molecule has 2 aromatic carbocycles. The number of nitrogens with one attached hydrogen (secondary N) is 2. The first-order valence-electron chi connectivity index (χ1n) is 8.99. The molecule has 7 nitrogen and oxygen atoms in total. The SMILES string of the molecule is COc1ccc(CCNC(=O)C/C(C)=N/NC(=O)c2ccc(Cl)cc2)cc1OC. The summed E-state index contributed by atoms with van der Waals surface area (Å²) >= 11 is 5.80. The van der Waals surface area contributed by atoms with Crippen molar-refractivity contribution in [2.45, 2.75) is 19.8 Å². The molecule has 2 N–H and O–H groups in total. The summed E-state index contributed by atoms with van der Waals surface area (Å²) in [5.41, 5.74) is 4.38. The molecule has 0 radical (unpaired) electrons. The smallest absolute Gasteiger partial charge is 0.271 e. The van der Waals surface area contributed by atoms with Gasteiger partial charge >= 0.3 is 0 Å². The second kappa shape index (κ2) is 11.1. The van der Waals surface area contributed by atoms with Crippen LogP contribution in [0.4, 0.5) is 0 Å². The van der Waals surface area contributed by atoms with Gasteiger partial charge in [0, 0.05) is 22.8 Å². The molecule has 0 saturated carbocycles. The lowest BCUT2D eigenvalue weighted by atomic mass is 10.1. The van der Waals surface area contributed by atoms with E-state index in [1.807, 2.05) is 18.2 Å². The molecule has 0 aliphatic heterocycles. The fourth-order valence-corrected chi connectivity index (χ4v) is 2.65. The highest BCUT2D eigenvalue weighted by Crippen LogP contribution is 2.27. The molecular formula is C21H24ClN3O4. The van der Waals surface area contributed by atoms with Crippen LogP contribution in [0.5, 0.6) is 11.5 Å². The fraction of sp³-hybridized carbons (Fsp3) is 0.286. The number of amides is 2. The zero-order valence-electron chi connectivity index (χ0n) is 16.6. The number of hydrogen-bond acceptors (Lipinski definition) is 5. The fourth-order valence-electron chi connectivity index (χ4n) is 2.53. The molecule has 2 rings (SSSR count). The molecule has 0 bridgehead atoms. The van der Waals surface area contributed by atoms with Crippen LogP contribution in [0, 0.1) is 0 Å². The standard InChI is InChI=1S/C21H24ClN3O4/c1-14(24-25-21(27)16-5-7-17(22)8-6-16)12-20(26)23-11-10-15-4-9-18(28-2)19(13-15)29-3/h4-9,13H,10-12H2,1-3H3,(H,23,26)(H,25,27)/b24-14+. The number of methoxy groups -OCH3 is 2. The number of halogens is 1. The third kappa shape index (κ3) is 7.12. The molecule has 0 fully saturated rings. The normalized spacial score (nSPS) is 11.0. The van der Waals surface area contributed by atoms with Crippen LogP contribution in [-0.2, 0) is 11.2 Å². The van der Waals surface area contributed by atoms with Gasteiger partial charge in [0.25, 0.3) is 5.91 Å². The zero-order chi connectivity index (χ0) is 21.2. The minimum Gasteiger partial charge on any atom is -0.493 e. The van der Waals surface area contributed by atoms with Gasteiger partial charge in [-0.3, -0.25) is 9.59 Å². The molecule has 0 aliphatic carbocycles. The average Bonchev–Trinajstić information content (AvgIpc) is 2.72. The zero-order valence-corrected chi connectivity index (χ0v) is 17.4. The first kappa shape index (κ1) is 22.2. The van der Waals surface area contributed by atoms with Gasteiger partial charge in [-0.15, -0.1) is 0 Å². The molecule has 2 aromatic rings. The summed E-state index contributed by atoms with van der Waals surface area (Å²) in [6, 6.07) is 12.1. The molecule has 0 aliphatic rings. The van der Waals surface area contributed by atoms with Gasteiger partial charge in [-0.2, -0.15) is 5.10 Å². The highest BCUT2D eigenvalue weighted by molar-refractivity contribution is 6.30. The minimum absolute atomic E-state index is 0.0901. The summed E-state index contributed by atoms with van der Waals surface area (Å²) in [5.74, 6) is 0.769. The van der Waals surface area contributed by atoms with Crippen molar-refractivity contribution in [3.8, 4) is 11.5 Å². The maximum atomic E-state index is 12.1. The van der Waals surface area contributed by atoms with Crippen LogP contribution in [0.2, 0.25) is 5.02 Å². The lowest BCUT2D eigenvalue weighted by molar-refractivity contribution is -0.119. The van der Waals surface area contributed by atoms with E-state index in [4.69, 9.17) is 21.1 Å². The Hall–Kier alpha value is -3.06. The Kier molecular flexibility index (Phi) is 8.48. The van der Waals surface area contributed by atoms with Gasteiger partial charge in [-0.05, 0) is 55.3 Å². The van der Waals surface area contributed by atoms with Gasteiger partial charge in [-0.25, -0.2) is 5.43 Å². The molecule has 0 aromatic heterocycles. The van der Waals surface area contributed by atoms with Crippen molar-refractivity contribution >= 4 is 29.1 Å². The Balaban J connectivity index is 1.77. The molecule has 0 spiro atoms. The van der Waals surface area contributed by atoms with Crippen LogP contribution in [0.25, 0.3) is 0 Å². The van der Waals surface area contributed by atoms with E-state index >= 15 is 0 Å². The van der Waals surface area contributed by atoms with Crippen molar-refractivity contribution in [3.05, 3.63) is 58.6 Å². The van der Waals surface area contributed by atoms with Gasteiger partial charge < -0.3 is 14.8 Å². The van der Waals surface area contributed by atoms with Crippen molar-refractivity contribution in [2.24, 2.45) is 5.10 Å². The van der Waals surface area contributed by atoms with E-state index in [0.717, 1.165) is 5.56 Å². The van der Waals surface area contributed by atoms with Crippen LogP contribution in [0.1, 0.15) is 29.3 Å². The third-order valence-corrected chi connectivity index (χ3v) is 4.31. The molecule has 0 saturated heterocycles. The van der Waals surface area contributed by atoms with E-state index in [2.05, 4.69) is 15.8 Å². The Morgan fingerprint density at radius 3 is 2.38 bits per heavy atom. The van der Waals surface area contributed by atoms with E-state index in [-0.39, 0.29) is 18.2 Å². The van der Waals surface area contributed by atoms with Gasteiger partial charge in [-0.1, -0.05) is 17.7 Å². The number of hydrogen-bond donors (Lipinski definition) is 2. The molecule has 29 heavy (non-hydrogen) atoms. The number of ether oxygens (including phenoxy) is 2. The van der Waals surface area contributed by atoms with E-state index in [9.17, 15) is 9.59 Å². The minimum atomic E-state index is -0.366. The summed E-state index contributed by atoms with van der Waals surface area (Å²) in [6.07, 6.45) is 0.739. The van der Waals surface area contributed by atoms with Crippen molar-refractivity contribution in [1.29, 1.82) is 0 Å². The van der Waals surface area contributed by atoms with Crippen molar-refractivity contribution in [3.63, 3.8) is 0 Å². The summed E-state index contributed by atoms with van der Waals surface area (Å²) in [7, 11) is 3.16. The monoisotopic (exact) mass is 417 g/mol. The molecule has 8 heteroatoms. The molecule has 2 amide bonds. The predicted molar refractivity (Wildman–Crippen MR) is 113 cm³/mol. The van der Waals surface area contributed by atoms with Crippen LogP contribution in [0.3, 0.4) is 0 Å². The summed E-state index contributed by atoms with van der Waals surface area (Å²) in [6.45, 7) is 2.15. The van der Waals surface area contributed by atoms with E-state index < -0.39 is 0 Å². The average molecular weight is 418 g/mol. The molecule has 0 heterocycles. The topological polar surface area (TPSA) is 89.0 Å². The van der Waals surface area contributed by atoms with Crippen LogP contribution >= 0.6 is 11.6 Å². The van der Waals surface area contributed by atoms with Crippen LogP contribution < -0.4 is 20.2 Å². The molecule has 0 unspecified atom stereocenters. The van der Waals surface area contributed by atoms with Gasteiger partial charge in [0.2, 0.25) is 5.91 Å². The quantitative estimate of drug-likeness (QED) is 0.484. The maximum Gasteiger partial charge on any atom is 0.271 e. The molecular weight excluding hydrogens is 394 g/mol. The maximum absolute atomic E-state index is 12.1. The van der Waals surface area contributed by atoms with Crippen molar-refractivity contribution in [2.75, 3.05) is 20.8 Å². The Bertz CT molecular complexity index is 882. The van der Waals surface area contributed by atoms with E-state index in [0.29, 0.717) is 40.8 Å².